The number of fused-ring (bicyclic) bond motifs is 1. The highest BCUT2D eigenvalue weighted by Gasteiger charge is 2.70. The molecule has 0 bridgehead atoms. The van der Waals surface area contributed by atoms with Gasteiger partial charge in [-0.3, -0.25) is 9.59 Å². The first kappa shape index (κ1) is 21.0. The zero-order chi connectivity index (χ0) is 20.9. The van der Waals surface area contributed by atoms with Gasteiger partial charge in [-0.25, -0.2) is 4.79 Å². The van der Waals surface area contributed by atoms with Crippen LogP contribution in [0.1, 0.15) is 34.1 Å². The van der Waals surface area contributed by atoms with Gasteiger partial charge < -0.3 is 24.8 Å². The van der Waals surface area contributed by atoms with Crippen LogP contribution in [0.5, 0.6) is 0 Å². The number of carbonyl (C=O) groups excluding carboxylic acids is 3. The lowest BCUT2D eigenvalue weighted by Gasteiger charge is -2.38. The van der Waals surface area contributed by atoms with Crippen LogP contribution in [0.25, 0.3) is 0 Å². The van der Waals surface area contributed by atoms with Gasteiger partial charge in [-0.2, -0.15) is 0 Å². The summed E-state index contributed by atoms with van der Waals surface area (Å²) < 4.78 is 10.2. The molecule has 3 aliphatic rings. The van der Waals surface area contributed by atoms with E-state index in [0.717, 1.165) is 0 Å². The molecule has 3 rings (SSSR count). The molecule has 1 saturated carbocycles. The van der Waals surface area contributed by atoms with Crippen LogP contribution in [0.2, 0.25) is 0 Å². The quantitative estimate of drug-likeness (QED) is 0.621. The Morgan fingerprint density at radius 3 is 2.57 bits per heavy atom. The molecule has 158 valence electrons. The Bertz CT molecular complexity index is 655. The van der Waals surface area contributed by atoms with Crippen molar-refractivity contribution >= 4 is 17.8 Å². The number of nitrogens with zero attached hydrogens (tertiary/aromatic N) is 1. The molecule has 8 heteroatoms. The fourth-order valence-electron chi connectivity index (χ4n) is 4.75. The predicted molar refractivity (Wildman–Crippen MR) is 100 cm³/mol. The second-order valence-electron chi connectivity index (χ2n) is 9.56. The van der Waals surface area contributed by atoms with Crippen LogP contribution in [0.4, 0.5) is 0 Å². The number of nitrogens with one attached hydrogen (secondary N) is 1. The number of likely N-dealkylation sites (tertiary alicyclic amines) is 1. The molecule has 28 heavy (non-hydrogen) atoms. The van der Waals surface area contributed by atoms with E-state index in [-0.39, 0.29) is 41.6 Å². The van der Waals surface area contributed by atoms with Gasteiger partial charge in [0.15, 0.2) is 0 Å². The zero-order valence-corrected chi connectivity index (χ0v) is 17.4. The van der Waals surface area contributed by atoms with Crippen molar-refractivity contribution in [3.05, 3.63) is 0 Å². The standard InChI is InChI=1S/C20H32N2O6/c1-19(2,10-23)15(21-16(24)11-6-7-28-9-11)17(25)22-8-12-13(20(12,3)4)14(22)18(26)27-5/h11-15,23H,6-10H2,1-5H3,(H,21,24)/t11-,12-,13-,14-,15+/m0/s1. The molecule has 5 atom stereocenters. The Kier molecular flexibility index (Phi) is 5.49. The number of esters is 1. The number of aliphatic hydroxyl groups excluding tert-OH is 1. The molecule has 2 heterocycles. The summed E-state index contributed by atoms with van der Waals surface area (Å²) in [4.78, 5) is 40.1. The highest BCUT2D eigenvalue weighted by atomic mass is 16.5. The lowest BCUT2D eigenvalue weighted by molar-refractivity contribution is -0.155. The number of methoxy groups -OCH3 is 1. The molecule has 0 aromatic heterocycles. The third kappa shape index (κ3) is 3.41. The fourth-order valence-corrected chi connectivity index (χ4v) is 4.75. The SMILES string of the molecule is COC(=O)[C@@H]1[C@@H]2[C@H](CN1C(=O)[C@@H](NC(=O)[C@H]1CCOC1)C(C)(C)CO)C2(C)C. The van der Waals surface area contributed by atoms with Gasteiger partial charge in [0, 0.05) is 24.5 Å². The van der Waals surface area contributed by atoms with Crippen molar-refractivity contribution in [3.63, 3.8) is 0 Å². The molecule has 3 fully saturated rings. The number of amides is 2. The number of carbonyl (C=O) groups is 3. The molecular formula is C20H32N2O6. The number of rotatable bonds is 6. The van der Waals surface area contributed by atoms with E-state index in [0.29, 0.717) is 26.2 Å². The van der Waals surface area contributed by atoms with E-state index >= 15 is 0 Å². The summed E-state index contributed by atoms with van der Waals surface area (Å²) in [6, 6.07) is -1.58. The number of hydrogen-bond acceptors (Lipinski definition) is 6. The molecule has 8 nitrogen and oxygen atoms in total. The van der Waals surface area contributed by atoms with Crippen molar-refractivity contribution in [1.82, 2.24) is 10.2 Å². The summed E-state index contributed by atoms with van der Waals surface area (Å²) in [5.41, 5.74) is -0.892. The number of ether oxygens (including phenoxy) is 2. The average molecular weight is 396 g/mol. The topological polar surface area (TPSA) is 105 Å². The first-order valence-electron chi connectivity index (χ1n) is 9.93. The second kappa shape index (κ2) is 7.30. The van der Waals surface area contributed by atoms with Crippen molar-refractivity contribution in [2.75, 3.05) is 33.5 Å². The van der Waals surface area contributed by atoms with E-state index < -0.39 is 23.5 Å². The Labute approximate surface area is 165 Å². The Balaban J connectivity index is 1.82. The Hall–Kier alpha value is -1.67. The fraction of sp³-hybridized carbons (Fsp3) is 0.850. The average Bonchev–Trinajstić information content (AvgIpc) is 3.13. The van der Waals surface area contributed by atoms with Gasteiger partial charge in [-0.15, -0.1) is 0 Å². The summed E-state index contributed by atoms with van der Waals surface area (Å²) in [6.45, 7) is 8.68. The van der Waals surface area contributed by atoms with Crippen molar-refractivity contribution in [1.29, 1.82) is 0 Å². The van der Waals surface area contributed by atoms with Crippen molar-refractivity contribution in [2.24, 2.45) is 28.6 Å². The van der Waals surface area contributed by atoms with E-state index in [4.69, 9.17) is 9.47 Å². The van der Waals surface area contributed by atoms with Crippen molar-refractivity contribution in [3.8, 4) is 0 Å². The summed E-state index contributed by atoms with van der Waals surface area (Å²) in [5, 5.41) is 12.7. The molecule has 0 aromatic carbocycles. The van der Waals surface area contributed by atoms with Gasteiger partial charge in [0.25, 0.3) is 0 Å². The number of piperidine rings is 1. The normalized spacial score (nSPS) is 31.9. The number of hydrogen-bond donors (Lipinski definition) is 2. The summed E-state index contributed by atoms with van der Waals surface area (Å²) in [7, 11) is 1.32. The Morgan fingerprint density at radius 1 is 1.36 bits per heavy atom. The summed E-state index contributed by atoms with van der Waals surface area (Å²) in [6.07, 6.45) is 0.610. The molecule has 2 N–H and O–H groups in total. The van der Waals surface area contributed by atoms with Gasteiger partial charge in [0.2, 0.25) is 11.8 Å². The Morgan fingerprint density at radius 2 is 2.04 bits per heavy atom. The highest BCUT2D eigenvalue weighted by molar-refractivity contribution is 5.93. The van der Waals surface area contributed by atoms with E-state index in [9.17, 15) is 19.5 Å². The predicted octanol–water partition coefficient (Wildman–Crippen LogP) is 0.182. The zero-order valence-electron chi connectivity index (χ0n) is 17.4. The van der Waals surface area contributed by atoms with Gasteiger partial charge in [-0.05, 0) is 17.8 Å². The van der Waals surface area contributed by atoms with E-state index in [1.807, 2.05) is 0 Å². The maximum Gasteiger partial charge on any atom is 0.328 e. The first-order chi connectivity index (χ1) is 13.1. The third-order valence-electron chi connectivity index (χ3n) is 6.96. The van der Waals surface area contributed by atoms with Crippen molar-refractivity contribution in [2.45, 2.75) is 46.2 Å². The molecule has 2 amide bonds. The molecular weight excluding hydrogens is 364 g/mol. The van der Waals surface area contributed by atoms with Crippen LogP contribution in [0.3, 0.4) is 0 Å². The molecule has 0 unspecified atom stereocenters. The van der Waals surface area contributed by atoms with Crippen LogP contribution in [-0.2, 0) is 23.9 Å². The van der Waals surface area contributed by atoms with Crippen LogP contribution in [0, 0.1) is 28.6 Å². The van der Waals surface area contributed by atoms with Gasteiger partial charge in [0.05, 0.1) is 26.2 Å². The van der Waals surface area contributed by atoms with Crippen LogP contribution in [0.15, 0.2) is 0 Å². The minimum absolute atomic E-state index is 0.0118. The lowest BCUT2D eigenvalue weighted by Crippen LogP contribution is -2.60. The molecule has 1 aliphatic carbocycles. The van der Waals surface area contributed by atoms with Gasteiger partial charge >= 0.3 is 5.97 Å². The molecule has 2 aliphatic heterocycles. The summed E-state index contributed by atoms with van der Waals surface area (Å²) in [5.74, 6) is -1.03. The van der Waals surface area contributed by atoms with Crippen LogP contribution >= 0.6 is 0 Å². The van der Waals surface area contributed by atoms with Gasteiger partial charge in [0.1, 0.15) is 12.1 Å². The van der Waals surface area contributed by atoms with Gasteiger partial charge in [-0.1, -0.05) is 27.7 Å². The van der Waals surface area contributed by atoms with E-state index in [2.05, 4.69) is 19.2 Å². The smallest absolute Gasteiger partial charge is 0.328 e. The maximum absolute atomic E-state index is 13.5. The first-order valence-corrected chi connectivity index (χ1v) is 9.93. The van der Waals surface area contributed by atoms with Crippen molar-refractivity contribution < 1.29 is 29.0 Å². The highest BCUT2D eigenvalue weighted by Crippen LogP contribution is 2.65. The monoisotopic (exact) mass is 396 g/mol. The second-order valence-corrected chi connectivity index (χ2v) is 9.56. The lowest BCUT2D eigenvalue weighted by atomic mass is 9.83. The maximum atomic E-state index is 13.5. The van der Waals surface area contributed by atoms with E-state index in [1.54, 1.807) is 18.7 Å². The van der Waals surface area contributed by atoms with Crippen LogP contribution < -0.4 is 5.32 Å². The molecule has 2 saturated heterocycles. The van der Waals surface area contributed by atoms with E-state index in [1.165, 1.54) is 7.11 Å². The molecule has 0 aromatic rings. The minimum atomic E-state index is -0.932. The summed E-state index contributed by atoms with van der Waals surface area (Å²) >= 11 is 0. The minimum Gasteiger partial charge on any atom is -0.467 e. The molecule has 0 spiro atoms. The molecule has 0 radical (unpaired) electrons. The van der Waals surface area contributed by atoms with Crippen LogP contribution in [-0.4, -0.2) is 73.3 Å². The number of aliphatic hydroxyl groups is 1. The third-order valence-corrected chi connectivity index (χ3v) is 6.96. The largest absolute Gasteiger partial charge is 0.467 e.